The summed E-state index contributed by atoms with van der Waals surface area (Å²) in [5.74, 6) is -4.05. The molecule has 0 saturated carbocycles. The van der Waals surface area contributed by atoms with Gasteiger partial charge in [-0.25, -0.2) is 72.0 Å². The number of amides is 16. The molecule has 16 N–H and O–H groups in total. The number of benzene rings is 2. The second-order valence-corrected chi connectivity index (χ2v) is 31.2. The molecular formula is C50H72N20O24S4. The van der Waals surface area contributed by atoms with Crippen LogP contribution in [-0.4, -0.2) is 315 Å². The van der Waals surface area contributed by atoms with Crippen LogP contribution in [-0.2, 0) is 66.7 Å². The third kappa shape index (κ3) is 9.37. The monoisotopic (exact) mass is 1460 g/mol. The van der Waals surface area contributed by atoms with Gasteiger partial charge in [-0.15, -0.1) is 0 Å². The van der Waals surface area contributed by atoms with Crippen molar-refractivity contribution in [2.45, 2.75) is 101 Å². The molecule has 16 amide bonds. The van der Waals surface area contributed by atoms with Crippen molar-refractivity contribution in [2.24, 2.45) is 0 Å². The first-order valence-corrected chi connectivity index (χ1v) is 35.5. The maximum absolute atomic E-state index is 15.5. The Hall–Kier alpha value is -8.72. The van der Waals surface area contributed by atoms with Gasteiger partial charge in [0.15, 0.2) is 47.3 Å². The van der Waals surface area contributed by atoms with E-state index >= 15 is 38.4 Å². The highest BCUT2D eigenvalue weighted by molar-refractivity contribution is 7.86. The summed E-state index contributed by atoms with van der Waals surface area (Å²) in [6, 6.07) is -1.01. The van der Waals surface area contributed by atoms with Gasteiger partial charge in [-0.05, 0) is 52.0 Å². The fourth-order valence-electron chi connectivity index (χ4n) is 16.2. The molecule has 13 aliphatic rings. The van der Waals surface area contributed by atoms with Gasteiger partial charge in [0, 0.05) is 22.3 Å². The van der Waals surface area contributed by atoms with Gasteiger partial charge in [0.2, 0.25) is 0 Å². The Morgan fingerprint density at radius 2 is 0.490 bits per heavy atom. The first-order valence-electron chi connectivity index (χ1n) is 29.2. The molecule has 2 aromatic rings. The van der Waals surface area contributed by atoms with Crippen LogP contribution in [0.4, 0.5) is 38.4 Å². The number of nitrogens with zero attached hydrogens (tertiary/aromatic N) is 16. The van der Waals surface area contributed by atoms with Gasteiger partial charge in [-0.1, -0.05) is 0 Å². The number of ether oxygens (including phenoxy) is 4. The molecule has 0 atom stereocenters. The van der Waals surface area contributed by atoms with Crippen LogP contribution in [0.2, 0.25) is 0 Å². The molecule has 13 heterocycles. The van der Waals surface area contributed by atoms with Crippen molar-refractivity contribution in [3.63, 3.8) is 0 Å². The lowest BCUT2D eigenvalue weighted by Gasteiger charge is -2.49. The minimum absolute atomic E-state index is 0. The number of quaternary nitrogens is 4. The topological polar surface area (TPSA) is 600 Å². The molecule has 540 valence electrons. The fraction of sp³-hybridized carbons (Fsp3) is 0.600. The number of carbonyl (C=O) groups excluding carboxylic acids is 8. The third-order valence-electron chi connectivity index (χ3n) is 21.0. The molecule has 11 saturated heterocycles. The lowest BCUT2D eigenvalue weighted by molar-refractivity contribution is -0.0871. The average molecular weight is 1470 g/mol. The minimum Gasteiger partial charge on any atom is -0.748 e. The molecule has 44 nitrogen and oxygen atoms in total. The lowest BCUT2D eigenvalue weighted by Crippen LogP contribution is -2.69. The molecule has 0 aliphatic carbocycles. The molecule has 0 aromatic heterocycles. The summed E-state index contributed by atoms with van der Waals surface area (Å²) in [5, 5.41) is 0. The first kappa shape index (κ1) is 70.6. The van der Waals surface area contributed by atoms with E-state index in [1.807, 2.05) is 0 Å². The summed E-state index contributed by atoms with van der Waals surface area (Å²) < 4.78 is 163. The van der Waals surface area contributed by atoms with E-state index in [1.165, 1.54) is 103 Å². The van der Waals surface area contributed by atoms with Gasteiger partial charge in [0.05, 0.1) is 89.7 Å². The van der Waals surface area contributed by atoms with Gasteiger partial charge in [0.25, 0.3) is 0 Å². The smallest absolute Gasteiger partial charge is 0.326 e. The van der Waals surface area contributed by atoms with E-state index in [1.54, 1.807) is 27.7 Å². The van der Waals surface area contributed by atoms with Crippen molar-refractivity contribution in [2.75, 3.05) is 89.5 Å². The zero-order chi connectivity index (χ0) is 67.2. The molecule has 0 spiro atoms. The van der Waals surface area contributed by atoms with Crippen LogP contribution in [0.3, 0.4) is 0 Å². The number of hydrogen-bond donors (Lipinski definition) is 4. The second kappa shape index (κ2) is 22.4. The Balaban J connectivity index is 0.00000243. The van der Waals surface area contributed by atoms with E-state index < -0.39 is 252 Å². The summed E-state index contributed by atoms with van der Waals surface area (Å²) in [6.07, 6.45) is -5.34. The summed E-state index contributed by atoms with van der Waals surface area (Å²) in [6.45, 7) is -1.67. The SMILES string of the molecule is CC12N3Cc4c(OCCS(=O)(=O)[O-])ccc(OCCS(=O)(=O)[O-])c4CN1C(=O)N1CN4C(=O)N5CN6C(=O)N7CN8C(=O)N9Cc%10c(OCCS(=O)(=O)[O-])ccc(OCCS(=O)(=O)[O-])c%10CN%10C(=O)N(CN%11C(=O)N(CN%12C(=O)N(CN(C3=O)C12C)C4C%125)C6C%117)C8(C)C%109C.[NH4+].[NH4+].[NH4+].[NH4+]. The molecule has 98 heavy (non-hydrogen) atoms. The Bertz CT molecular complexity index is 3810. The van der Waals surface area contributed by atoms with Crippen molar-refractivity contribution in [1.82, 2.24) is 103 Å². The molecular weight excluding hydrogens is 1390 g/mol. The quantitative estimate of drug-likeness (QED) is 0.139. The number of hydrogen-bond acceptors (Lipinski definition) is 24. The second-order valence-electron chi connectivity index (χ2n) is 25.1. The Morgan fingerprint density at radius 3 is 0.673 bits per heavy atom. The Labute approximate surface area is 558 Å². The molecule has 0 radical (unpaired) electrons. The number of fused-ring (bicyclic) bond motifs is 2. The van der Waals surface area contributed by atoms with Crippen molar-refractivity contribution in [3.05, 3.63) is 46.5 Å². The highest BCUT2D eigenvalue weighted by Crippen LogP contribution is 2.59. The van der Waals surface area contributed by atoms with Crippen molar-refractivity contribution in [1.29, 1.82) is 0 Å². The van der Waals surface area contributed by atoms with Crippen molar-refractivity contribution in [3.8, 4) is 23.0 Å². The van der Waals surface area contributed by atoms with E-state index in [-0.39, 0.29) is 69.9 Å². The molecule has 2 aromatic carbocycles. The number of urea groups is 8. The van der Waals surface area contributed by atoms with Gasteiger partial charge in [0.1, 0.15) is 89.4 Å². The third-order valence-corrected chi connectivity index (χ3v) is 23.7. The molecule has 0 unspecified atom stereocenters. The van der Waals surface area contributed by atoms with Crippen LogP contribution in [0, 0.1) is 0 Å². The molecule has 13 aliphatic heterocycles. The molecule has 11 fully saturated rings. The van der Waals surface area contributed by atoms with E-state index in [0.717, 1.165) is 0 Å². The molecule has 15 rings (SSSR count). The van der Waals surface area contributed by atoms with Crippen LogP contribution >= 0.6 is 0 Å². The van der Waals surface area contributed by atoms with Crippen LogP contribution in [0.1, 0.15) is 49.9 Å². The van der Waals surface area contributed by atoms with Gasteiger partial charge >= 0.3 is 48.2 Å². The lowest BCUT2D eigenvalue weighted by atomic mass is 9.95. The van der Waals surface area contributed by atoms with Crippen LogP contribution in [0.5, 0.6) is 23.0 Å². The van der Waals surface area contributed by atoms with Crippen LogP contribution in [0.25, 0.3) is 0 Å². The van der Waals surface area contributed by atoms with Crippen molar-refractivity contribution >= 4 is 88.7 Å². The summed E-state index contributed by atoms with van der Waals surface area (Å²) in [4.78, 5) is 144. The van der Waals surface area contributed by atoms with E-state index in [9.17, 15) is 51.9 Å². The Morgan fingerprint density at radius 1 is 0.316 bits per heavy atom. The maximum Gasteiger partial charge on any atom is 0.326 e. The van der Waals surface area contributed by atoms with Crippen LogP contribution < -0.4 is 43.5 Å². The Kier molecular flexibility index (Phi) is 16.1. The van der Waals surface area contributed by atoms with E-state index in [2.05, 4.69) is 0 Å². The van der Waals surface area contributed by atoms with E-state index in [0.29, 0.717) is 0 Å². The van der Waals surface area contributed by atoms with Gasteiger partial charge in [-0.2, -0.15) is 0 Å². The van der Waals surface area contributed by atoms with Crippen LogP contribution in [0.15, 0.2) is 24.3 Å². The highest BCUT2D eigenvalue weighted by atomic mass is 32.2. The number of carbonyl (C=O) groups is 8. The predicted octanol–water partition coefficient (Wildman–Crippen LogP) is -1.53. The number of rotatable bonds is 16. The molecule has 0 bridgehead atoms. The molecule has 48 heteroatoms. The fourth-order valence-corrected chi connectivity index (χ4v) is 17.3. The van der Waals surface area contributed by atoms with Gasteiger partial charge in [-0.3, -0.25) is 78.4 Å². The highest BCUT2D eigenvalue weighted by Gasteiger charge is 2.80. The zero-order valence-electron chi connectivity index (χ0n) is 53.9. The summed E-state index contributed by atoms with van der Waals surface area (Å²) in [5.41, 5.74) is -6.48. The minimum atomic E-state index is -4.80. The first-order chi connectivity index (χ1) is 43.9. The summed E-state index contributed by atoms with van der Waals surface area (Å²) in [7, 11) is -19.2. The average Bonchev–Trinajstić information content (AvgIpc) is 1.50. The largest absolute Gasteiger partial charge is 0.748 e. The van der Waals surface area contributed by atoms with Gasteiger partial charge < -0.3 is 61.8 Å². The maximum atomic E-state index is 15.5. The normalized spacial score (nSPS) is 29.1. The predicted molar refractivity (Wildman–Crippen MR) is 322 cm³/mol. The van der Waals surface area contributed by atoms with E-state index in [4.69, 9.17) is 18.9 Å². The van der Waals surface area contributed by atoms with Crippen molar-refractivity contribution < 1.29 is 109 Å². The standard InChI is InChI=1S/C50H60N16O24S4.4H3N/c1-47-49(3)63-23-55-37-35-51(39(55)67)21-53-36-38-57(41(53)69)25-65-45(73)61-19-29-30(34(90-12-16-94(84,85)86)8-7-33(29)89-11-15-93(81,82)83)20-62-46(74)66(50(65,4)48(61,62)2)26-58(38)42(70)54(36)22-52(35)40(68)56(37)24-64(49)44(72)60(47)18-28-27(17-59(47)43(63)71)31(87-9-13-91(75,76)77)5-6-32(28)88-10-14-92(78,79)80;;;;/h5-8,35-38H,9-26H2,1-4H3,(H,75,76,77)(H,78,79,80)(H,81,82,83)(H,84,85,86);4*1H3. The summed E-state index contributed by atoms with van der Waals surface area (Å²) >= 11 is 0. The zero-order valence-corrected chi connectivity index (χ0v) is 57.2.